The quantitative estimate of drug-likeness (QED) is 0.575. The van der Waals surface area contributed by atoms with Crippen LogP contribution in [0.5, 0.6) is 11.5 Å². The maximum atomic E-state index is 12.7. The molecular weight excluding hydrogens is 428 g/mol. The Labute approximate surface area is 182 Å². The van der Waals surface area contributed by atoms with E-state index in [1.807, 2.05) is 12.1 Å². The van der Waals surface area contributed by atoms with Gasteiger partial charge < -0.3 is 14.8 Å². The lowest BCUT2D eigenvalue weighted by Crippen LogP contribution is -2.49. The lowest BCUT2D eigenvalue weighted by Gasteiger charge is -2.21. The first kappa shape index (κ1) is 24.0. The predicted octanol–water partition coefficient (Wildman–Crippen LogP) is 3.02. The van der Waals surface area contributed by atoms with Crippen LogP contribution in [0, 0.1) is 5.92 Å². The summed E-state index contributed by atoms with van der Waals surface area (Å²) in [5.41, 5.74) is 0.954. The van der Waals surface area contributed by atoms with Gasteiger partial charge in [-0.15, -0.1) is 0 Å². The summed E-state index contributed by atoms with van der Waals surface area (Å²) in [6.07, 6.45) is 0.556. The number of carbonyl (C=O) groups is 1. The van der Waals surface area contributed by atoms with Gasteiger partial charge in [-0.3, -0.25) is 4.79 Å². The molecule has 0 aliphatic heterocycles. The number of ether oxygens (including phenoxy) is 2. The highest BCUT2D eigenvalue weighted by molar-refractivity contribution is 7.89. The van der Waals surface area contributed by atoms with Crippen LogP contribution in [0.4, 0.5) is 0 Å². The molecule has 2 N–H and O–H groups in total. The summed E-state index contributed by atoms with van der Waals surface area (Å²) in [5.74, 6) is 0.607. The standard InChI is InChI=1S/C21H27ClN2O5S/c1-14(2)20(24-30(26,27)17-8-6-16(22)7-9-17)21(25)23-12-11-15-5-10-18(28-3)19(13-15)29-4/h5-10,13-14,20,24H,11-12H2,1-4H3,(H,23,25). The smallest absolute Gasteiger partial charge is 0.241 e. The highest BCUT2D eigenvalue weighted by atomic mass is 35.5. The monoisotopic (exact) mass is 454 g/mol. The van der Waals surface area contributed by atoms with Crippen LogP contribution >= 0.6 is 11.6 Å². The first-order valence-electron chi connectivity index (χ1n) is 9.44. The summed E-state index contributed by atoms with van der Waals surface area (Å²) >= 11 is 5.82. The number of halogens is 1. The second kappa shape index (κ2) is 10.7. The summed E-state index contributed by atoms with van der Waals surface area (Å²) in [5, 5.41) is 3.24. The first-order chi connectivity index (χ1) is 14.2. The molecule has 164 valence electrons. The van der Waals surface area contributed by atoms with Crippen molar-refractivity contribution in [3.63, 3.8) is 0 Å². The molecule has 0 spiro atoms. The number of amides is 1. The maximum Gasteiger partial charge on any atom is 0.241 e. The van der Waals surface area contributed by atoms with E-state index in [0.717, 1.165) is 5.56 Å². The number of hydrogen-bond acceptors (Lipinski definition) is 5. The minimum absolute atomic E-state index is 0.0516. The van der Waals surface area contributed by atoms with Crippen LogP contribution in [0.1, 0.15) is 19.4 Å². The van der Waals surface area contributed by atoms with E-state index in [1.165, 1.54) is 24.3 Å². The Morgan fingerprint density at radius 3 is 2.23 bits per heavy atom. The van der Waals surface area contributed by atoms with Gasteiger partial charge in [0.05, 0.1) is 19.1 Å². The number of benzene rings is 2. The highest BCUT2D eigenvalue weighted by Crippen LogP contribution is 2.27. The number of nitrogens with one attached hydrogen (secondary N) is 2. The zero-order valence-electron chi connectivity index (χ0n) is 17.4. The van der Waals surface area contributed by atoms with Crippen LogP contribution in [0.2, 0.25) is 5.02 Å². The van der Waals surface area contributed by atoms with Crippen molar-refractivity contribution in [1.82, 2.24) is 10.0 Å². The molecule has 0 aromatic heterocycles. The lowest BCUT2D eigenvalue weighted by molar-refractivity contribution is -0.123. The summed E-state index contributed by atoms with van der Waals surface area (Å²) in [7, 11) is -0.737. The van der Waals surface area contributed by atoms with E-state index in [0.29, 0.717) is 29.5 Å². The maximum absolute atomic E-state index is 12.7. The molecule has 0 aliphatic rings. The molecule has 0 radical (unpaired) electrons. The third-order valence-corrected chi connectivity index (χ3v) is 6.23. The van der Waals surface area contributed by atoms with Crippen LogP contribution in [0.3, 0.4) is 0 Å². The van der Waals surface area contributed by atoms with Crippen molar-refractivity contribution in [2.45, 2.75) is 31.2 Å². The van der Waals surface area contributed by atoms with Crippen LogP contribution < -0.4 is 19.5 Å². The van der Waals surface area contributed by atoms with Crippen molar-refractivity contribution in [1.29, 1.82) is 0 Å². The fraction of sp³-hybridized carbons (Fsp3) is 0.381. The van der Waals surface area contributed by atoms with E-state index in [-0.39, 0.29) is 16.7 Å². The molecule has 2 rings (SSSR count). The summed E-state index contributed by atoms with van der Waals surface area (Å²) in [6.45, 7) is 3.91. The van der Waals surface area contributed by atoms with Gasteiger partial charge >= 0.3 is 0 Å². The molecule has 2 aromatic carbocycles. The Morgan fingerprint density at radius 1 is 1.03 bits per heavy atom. The lowest BCUT2D eigenvalue weighted by atomic mass is 10.0. The average molecular weight is 455 g/mol. The number of carbonyl (C=O) groups excluding carboxylic acids is 1. The first-order valence-corrected chi connectivity index (χ1v) is 11.3. The average Bonchev–Trinajstić information content (AvgIpc) is 2.71. The van der Waals surface area contributed by atoms with Gasteiger partial charge in [-0.05, 0) is 54.3 Å². The third kappa shape index (κ3) is 6.35. The number of sulfonamides is 1. The molecular formula is C21H27ClN2O5S. The zero-order chi connectivity index (χ0) is 22.3. The molecule has 30 heavy (non-hydrogen) atoms. The van der Waals surface area contributed by atoms with E-state index < -0.39 is 16.1 Å². The molecule has 0 fully saturated rings. The van der Waals surface area contributed by atoms with Crippen molar-refractivity contribution in [2.24, 2.45) is 5.92 Å². The molecule has 1 unspecified atom stereocenters. The number of methoxy groups -OCH3 is 2. The molecule has 7 nitrogen and oxygen atoms in total. The molecule has 1 atom stereocenters. The van der Waals surface area contributed by atoms with Crippen LogP contribution in [0.25, 0.3) is 0 Å². The van der Waals surface area contributed by atoms with Gasteiger partial charge in [0.1, 0.15) is 6.04 Å². The SMILES string of the molecule is COc1ccc(CCNC(=O)C(NS(=O)(=O)c2ccc(Cl)cc2)C(C)C)cc1OC. The topological polar surface area (TPSA) is 93.7 Å². The Bertz CT molecular complexity index is 962. The molecule has 9 heteroatoms. The van der Waals surface area contributed by atoms with Crippen molar-refractivity contribution >= 4 is 27.5 Å². The van der Waals surface area contributed by atoms with E-state index in [2.05, 4.69) is 10.0 Å². The van der Waals surface area contributed by atoms with E-state index in [1.54, 1.807) is 34.1 Å². The molecule has 0 saturated heterocycles. The minimum atomic E-state index is -3.86. The van der Waals surface area contributed by atoms with Crippen molar-refractivity contribution in [2.75, 3.05) is 20.8 Å². The van der Waals surface area contributed by atoms with E-state index in [9.17, 15) is 13.2 Å². The molecule has 0 aliphatic carbocycles. The van der Waals surface area contributed by atoms with Gasteiger partial charge in [-0.1, -0.05) is 31.5 Å². The summed E-state index contributed by atoms with van der Waals surface area (Å²) in [6, 6.07) is 10.4. The van der Waals surface area contributed by atoms with E-state index in [4.69, 9.17) is 21.1 Å². The van der Waals surface area contributed by atoms with Crippen LogP contribution in [-0.2, 0) is 21.2 Å². The van der Waals surface area contributed by atoms with E-state index >= 15 is 0 Å². The molecule has 0 heterocycles. The van der Waals surface area contributed by atoms with Gasteiger partial charge in [0.15, 0.2) is 11.5 Å². The van der Waals surface area contributed by atoms with Crippen LogP contribution in [-0.4, -0.2) is 41.1 Å². The Kier molecular flexibility index (Phi) is 8.52. The number of rotatable bonds is 10. The second-order valence-electron chi connectivity index (χ2n) is 7.03. The fourth-order valence-electron chi connectivity index (χ4n) is 2.82. The highest BCUT2D eigenvalue weighted by Gasteiger charge is 2.28. The summed E-state index contributed by atoms with van der Waals surface area (Å²) < 4.78 is 38.2. The van der Waals surface area contributed by atoms with Gasteiger partial charge in [-0.25, -0.2) is 8.42 Å². The molecule has 2 aromatic rings. The Hall–Kier alpha value is -2.29. The van der Waals surface area contributed by atoms with Gasteiger partial charge in [-0.2, -0.15) is 4.72 Å². The largest absolute Gasteiger partial charge is 0.493 e. The van der Waals surface area contributed by atoms with Crippen molar-refractivity contribution in [3.8, 4) is 11.5 Å². The predicted molar refractivity (Wildman–Crippen MR) is 117 cm³/mol. The van der Waals surface area contributed by atoms with Gasteiger partial charge in [0.2, 0.25) is 15.9 Å². The Morgan fingerprint density at radius 2 is 1.67 bits per heavy atom. The minimum Gasteiger partial charge on any atom is -0.493 e. The zero-order valence-corrected chi connectivity index (χ0v) is 19.0. The molecule has 0 bridgehead atoms. The summed E-state index contributed by atoms with van der Waals surface area (Å²) in [4.78, 5) is 12.7. The fourth-order valence-corrected chi connectivity index (χ4v) is 4.29. The third-order valence-electron chi connectivity index (χ3n) is 4.52. The second-order valence-corrected chi connectivity index (χ2v) is 9.18. The molecule has 1 amide bonds. The molecule has 0 saturated carbocycles. The number of hydrogen-bond donors (Lipinski definition) is 2. The van der Waals surface area contributed by atoms with Gasteiger partial charge in [0.25, 0.3) is 0 Å². The van der Waals surface area contributed by atoms with Gasteiger partial charge in [0, 0.05) is 11.6 Å². The normalized spacial score (nSPS) is 12.5. The van der Waals surface area contributed by atoms with Crippen molar-refractivity contribution < 1.29 is 22.7 Å². The van der Waals surface area contributed by atoms with Crippen molar-refractivity contribution in [3.05, 3.63) is 53.1 Å². The Balaban J connectivity index is 2.01. The van der Waals surface area contributed by atoms with Crippen LogP contribution in [0.15, 0.2) is 47.4 Å².